The molecule has 106 valence electrons. The van der Waals surface area contributed by atoms with Gasteiger partial charge >= 0.3 is 0 Å². The molecule has 0 aromatic heterocycles. The Labute approximate surface area is 119 Å². The molecule has 0 bridgehead atoms. The molecule has 1 aliphatic carbocycles. The zero-order valence-electron chi connectivity index (χ0n) is 11.6. The van der Waals surface area contributed by atoms with Crippen LogP contribution in [0.2, 0.25) is 0 Å². The third-order valence-corrected chi connectivity index (χ3v) is 3.89. The summed E-state index contributed by atoms with van der Waals surface area (Å²) in [6.07, 6.45) is 5.74. The second kappa shape index (κ2) is 6.42. The molecule has 1 amide bonds. The van der Waals surface area contributed by atoms with Crippen LogP contribution >= 0.6 is 0 Å². The number of carbonyl (C=O) groups excluding carboxylic acids is 1. The van der Waals surface area contributed by atoms with E-state index in [0.717, 1.165) is 38.5 Å². The lowest BCUT2D eigenvalue weighted by Crippen LogP contribution is -2.47. The Morgan fingerprint density at radius 2 is 1.90 bits per heavy atom. The molecule has 0 atom stereocenters. The van der Waals surface area contributed by atoms with Crippen molar-refractivity contribution in [2.24, 2.45) is 0 Å². The van der Waals surface area contributed by atoms with E-state index < -0.39 is 5.54 Å². The highest BCUT2D eigenvalue weighted by atomic mass is 16.3. The van der Waals surface area contributed by atoms with Crippen LogP contribution < -0.4 is 5.32 Å². The molecule has 0 radical (unpaired) electrons. The number of amides is 1. The fourth-order valence-electron chi connectivity index (χ4n) is 2.74. The average Bonchev–Trinajstić information content (AvgIpc) is 2.67. The van der Waals surface area contributed by atoms with Crippen LogP contribution in [-0.4, -0.2) is 16.6 Å². The Bertz CT molecular complexity index is 511. The minimum absolute atomic E-state index is 0.107. The Morgan fingerprint density at radius 3 is 2.50 bits per heavy atom. The highest BCUT2D eigenvalue weighted by Crippen LogP contribution is 2.27. The van der Waals surface area contributed by atoms with E-state index in [1.165, 1.54) is 0 Å². The highest BCUT2D eigenvalue weighted by Gasteiger charge is 2.32. The van der Waals surface area contributed by atoms with Crippen molar-refractivity contribution in [3.05, 3.63) is 29.8 Å². The fourth-order valence-corrected chi connectivity index (χ4v) is 2.74. The number of benzene rings is 1. The number of para-hydroxylation sites is 1. The Morgan fingerprint density at radius 1 is 1.25 bits per heavy atom. The molecule has 2 rings (SSSR count). The molecule has 4 nitrogen and oxygen atoms in total. The second-order valence-electron chi connectivity index (χ2n) is 5.46. The number of phenols is 1. The smallest absolute Gasteiger partial charge is 0.225 e. The van der Waals surface area contributed by atoms with Crippen LogP contribution in [-0.2, 0) is 11.2 Å². The Hall–Kier alpha value is -2.02. The van der Waals surface area contributed by atoms with Gasteiger partial charge in [0.2, 0.25) is 5.91 Å². The van der Waals surface area contributed by atoms with Gasteiger partial charge in [0.25, 0.3) is 0 Å². The molecule has 0 saturated heterocycles. The minimum atomic E-state index is -0.724. The predicted octanol–water partition coefficient (Wildman–Crippen LogP) is 2.67. The third-order valence-electron chi connectivity index (χ3n) is 3.89. The number of phenolic OH excluding ortho intramolecular Hbond substituents is 1. The molecular weight excluding hydrogens is 252 g/mol. The van der Waals surface area contributed by atoms with Crippen LogP contribution in [0.15, 0.2) is 24.3 Å². The second-order valence-corrected chi connectivity index (χ2v) is 5.46. The van der Waals surface area contributed by atoms with Crippen molar-refractivity contribution in [2.75, 3.05) is 0 Å². The summed E-state index contributed by atoms with van der Waals surface area (Å²) in [4.78, 5) is 12.1. The van der Waals surface area contributed by atoms with Crippen LogP contribution in [0.3, 0.4) is 0 Å². The maximum absolute atomic E-state index is 12.1. The standard InChI is InChI=1S/C16H20N2O2/c17-12-16(9-5-1-2-6-10-16)18-15(20)11-13-7-3-4-8-14(13)19/h3-4,7-8,19H,1-2,5-6,9-11H2,(H,18,20). The van der Waals surface area contributed by atoms with Gasteiger partial charge in [0.1, 0.15) is 11.3 Å². The van der Waals surface area contributed by atoms with E-state index >= 15 is 0 Å². The maximum atomic E-state index is 12.1. The summed E-state index contributed by atoms with van der Waals surface area (Å²) in [6.45, 7) is 0. The van der Waals surface area contributed by atoms with E-state index in [1.54, 1.807) is 24.3 Å². The molecule has 4 heteroatoms. The number of hydrogen-bond donors (Lipinski definition) is 2. The van der Waals surface area contributed by atoms with Crippen LogP contribution in [0.25, 0.3) is 0 Å². The zero-order valence-corrected chi connectivity index (χ0v) is 11.6. The van der Waals surface area contributed by atoms with E-state index in [-0.39, 0.29) is 18.1 Å². The lowest BCUT2D eigenvalue weighted by atomic mass is 9.91. The normalized spacial score (nSPS) is 17.8. The van der Waals surface area contributed by atoms with Crippen molar-refractivity contribution in [1.82, 2.24) is 5.32 Å². The summed E-state index contributed by atoms with van der Waals surface area (Å²) in [7, 11) is 0. The zero-order chi connectivity index (χ0) is 14.4. The minimum Gasteiger partial charge on any atom is -0.508 e. The summed E-state index contributed by atoms with van der Waals surface area (Å²) in [5, 5.41) is 22.0. The van der Waals surface area contributed by atoms with E-state index in [0.29, 0.717) is 5.56 Å². The molecule has 1 fully saturated rings. The largest absolute Gasteiger partial charge is 0.508 e. The number of nitriles is 1. The van der Waals surface area contributed by atoms with Crippen LogP contribution in [0.5, 0.6) is 5.75 Å². The van der Waals surface area contributed by atoms with Gasteiger partial charge in [-0.3, -0.25) is 4.79 Å². The SMILES string of the molecule is N#CC1(NC(=O)Cc2ccccc2O)CCCCCC1. The molecule has 0 spiro atoms. The van der Waals surface area contributed by atoms with Crippen molar-refractivity contribution < 1.29 is 9.90 Å². The maximum Gasteiger partial charge on any atom is 0.225 e. The van der Waals surface area contributed by atoms with E-state index in [4.69, 9.17) is 0 Å². The first-order chi connectivity index (χ1) is 9.65. The summed E-state index contributed by atoms with van der Waals surface area (Å²) >= 11 is 0. The van der Waals surface area contributed by atoms with Gasteiger partial charge in [0.15, 0.2) is 0 Å². The number of nitrogens with one attached hydrogen (secondary N) is 1. The predicted molar refractivity (Wildman–Crippen MR) is 76.0 cm³/mol. The van der Waals surface area contributed by atoms with Crippen molar-refractivity contribution >= 4 is 5.91 Å². The van der Waals surface area contributed by atoms with Gasteiger partial charge in [-0.2, -0.15) is 5.26 Å². The van der Waals surface area contributed by atoms with Crippen LogP contribution in [0, 0.1) is 11.3 Å². The quantitative estimate of drug-likeness (QED) is 0.831. The van der Waals surface area contributed by atoms with E-state index in [2.05, 4.69) is 11.4 Å². The molecule has 0 aliphatic heterocycles. The van der Waals surface area contributed by atoms with Gasteiger partial charge in [-0.25, -0.2) is 0 Å². The fraction of sp³-hybridized carbons (Fsp3) is 0.500. The monoisotopic (exact) mass is 272 g/mol. The highest BCUT2D eigenvalue weighted by molar-refractivity contribution is 5.80. The molecule has 20 heavy (non-hydrogen) atoms. The van der Waals surface area contributed by atoms with E-state index in [1.807, 2.05) is 0 Å². The number of nitrogens with zero attached hydrogens (tertiary/aromatic N) is 1. The van der Waals surface area contributed by atoms with Gasteiger partial charge in [-0.1, -0.05) is 43.9 Å². The van der Waals surface area contributed by atoms with Crippen molar-refractivity contribution in [3.63, 3.8) is 0 Å². The van der Waals surface area contributed by atoms with Crippen molar-refractivity contribution in [2.45, 2.75) is 50.5 Å². The van der Waals surface area contributed by atoms with Crippen molar-refractivity contribution in [1.29, 1.82) is 5.26 Å². The summed E-state index contributed by atoms with van der Waals surface area (Å²) in [5.74, 6) is -0.0792. The van der Waals surface area contributed by atoms with Gasteiger partial charge in [0.05, 0.1) is 12.5 Å². The molecular formula is C16H20N2O2. The number of hydrogen-bond acceptors (Lipinski definition) is 3. The topological polar surface area (TPSA) is 73.1 Å². The molecule has 2 N–H and O–H groups in total. The summed E-state index contributed by atoms with van der Waals surface area (Å²) in [5.41, 5.74) is -0.135. The summed E-state index contributed by atoms with van der Waals surface area (Å²) in [6, 6.07) is 9.09. The van der Waals surface area contributed by atoms with Gasteiger partial charge in [-0.15, -0.1) is 0 Å². The first-order valence-corrected chi connectivity index (χ1v) is 7.14. The van der Waals surface area contributed by atoms with Gasteiger partial charge < -0.3 is 10.4 Å². The first-order valence-electron chi connectivity index (χ1n) is 7.14. The average molecular weight is 272 g/mol. The molecule has 0 unspecified atom stereocenters. The summed E-state index contributed by atoms with van der Waals surface area (Å²) < 4.78 is 0. The van der Waals surface area contributed by atoms with Gasteiger partial charge in [-0.05, 0) is 18.9 Å². The van der Waals surface area contributed by atoms with Crippen LogP contribution in [0.1, 0.15) is 44.1 Å². The molecule has 1 saturated carbocycles. The Kier molecular flexibility index (Phi) is 4.62. The lowest BCUT2D eigenvalue weighted by molar-refractivity contribution is -0.121. The van der Waals surface area contributed by atoms with Gasteiger partial charge in [0, 0.05) is 5.56 Å². The first kappa shape index (κ1) is 14.4. The molecule has 0 heterocycles. The van der Waals surface area contributed by atoms with Crippen molar-refractivity contribution in [3.8, 4) is 11.8 Å². The third kappa shape index (κ3) is 3.51. The Balaban J connectivity index is 2.03. The number of rotatable bonds is 3. The number of aromatic hydroxyl groups is 1. The molecule has 1 aromatic rings. The molecule has 1 aliphatic rings. The van der Waals surface area contributed by atoms with E-state index in [9.17, 15) is 15.2 Å². The molecule has 1 aromatic carbocycles. The number of carbonyl (C=O) groups is 1. The lowest BCUT2D eigenvalue weighted by Gasteiger charge is -2.26. The van der Waals surface area contributed by atoms with Crippen LogP contribution in [0.4, 0.5) is 0 Å².